The third-order valence-corrected chi connectivity index (χ3v) is 4.57. The van der Waals surface area contributed by atoms with E-state index in [2.05, 4.69) is 5.32 Å². The van der Waals surface area contributed by atoms with Crippen molar-refractivity contribution in [3.05, 3.63) is 35.9 Å². The summed E-state index contributed by atoms with van der Waals surface area (Å²) in [6.45, 7) is 0.146. The molecule has 1 aromatic rings. The van der Waals surface area contributed by atoms with Crippen LogP contribution in [0, 0.1) is 11.3 Å². The van der Waals surface area contributed by atoms with Gasteiger partial charge in [-0.1, -0.05) is 30.3 Å². The van der Waals surface area contributed by atoms with E-state index in [1.807, 2.05) is 30.3 Å². The van der Waals surface area contributed by atoms with Gasteiger partial charge in [-0.05, 0) is 42.6 Å². The molecule has 5 heteroatoms. The van der Waals surface area contributed by atoms with E-state index in [9.17, 15) is 14.7 Å². The lowest BCUT2D eigenvalue weighted by molar-refractivity contribution is -0.142. The van der Waals surface area contributed by atoms with Crippen molar-refractivity contribution < 1.29 is 19.4 Å². The van der Waals surface area contributed by atoms with E-state index in [0.717, 1.165) is 18.4 Å². The molecule has 2 aliphatic rings. The molecule has 0 aliphatic heterocycles. The minimum absolute atomic E-state index is 0.0364. The molecule has 112 valence electrons. The van der Waals surface area contributed by atoms with E-state index in [0.29, 0.717) is 5.41 Å². The highest BCUT2D eigenvalue weighted by Gasteiger charge is 2.56. The summed E-state index contributed by atoms with van der Waals surface area (Å²) in [5, 5.41) is 11.8. The molecule has 0 radical (unpaired) electrons. The van der Waals surface area contributed by atoms with Crippen LogP contribution in [0.5, 0.6) is 0 Å². The number of hydrogen-bond acceptors (Lipinski definition) is 3. The maximum absolute atomic E-state index is 11.8. The highest BCUT2D eigenvalue weighted by Crippen LogP contribution is 2.63. The summed E-state index contributed by atoms with van der Waals surface area (Å²) in [5.41, 5.74) is 1.29. The number of rotatable bonds is 5. The Morgan fingerprint density at radius 3 is 2.52 bits per heavy atom. The number of carboxylic acids is 1. The molecule has 2 aliphatic carbocycles. The molecule has 1 spiro atoms. The molecule has 1 atom stereocenters. The normalized spacial score (nSPS) is 20.4. The Morgan fingerprint density at radius 1 is 1.29 bits per heavy atom. The summed E-state index contributed by atoms with van der Waals surface area (Å²) in [7, 11) is 0. The zero-order chi connectivity index (χ0) is 14.9. The fourth-order valence-corrected chi connectivity index (χ4v) is 3.15. The molecule has 3 rings (SSSR count). The molecule has 2 N–H and O–H groups in total. The summed E-state index contributed by atoms with van der Waals surface area (Å²) in [6.07, 6.45) is 3.55. The molecule has 0 bridgehead atoms. The van der Waals surface area contributed by atoms with Crippen molar-refractivity contribution in [1.82, 2.24) is 5.32 Å². The molecule has 2 saturated carbocycles. The first-order valence-electron chi connectivity index (χ1n) is 7.28. The molecule has 1 amide bonds. The Labute approximate surface area is 123 Å². The van der Waals surface area contributed by atoms with Crippen LogP contribution in [0.2, 0.25) is 0 Å². The molecule has 21 heavy (non-hydrogen) atoms. The maximum atomic E-state index is 11.8. The van der Waals surface area contributed by atoms with Crippen LogP contribution in [-0.4, -0.2) is 23.2 Å². The van der Waals surface area contributed by atoms with Gasteiger partial charge in [0.25, 0.3) is 0 Å². The lowest BCUT2D eigenvalue weighted by Gasteiger charge is -2.39. The fourth-order valence-electron chi connectivity index (χ4n) is 3.15. The zero-order valence-corrected chi connectivity index (χ0v) is 11.7. The van der Waals surface area contributed by atoms with Gasteiger partial charge in [0, 0.05) is 0 Å². The molecule has 0 unspecified atom stereocenters. The fraction of sp³-hybridized carbons (Fsp3) is 0.500. The van der Waals surface area contributed by atoms with Crippen molar-refractivity contribution in [3.8, 4) is 0 Å². The number of carboxylic acid groups (broad SMARTS) is 1. The van der Waals surface area contributed by atoms with Gasteiger partial charge in [0.1, 0.15) is 12.6 Å². The number of carbonyl (C=O) groups is 2. The number of ether oxygens (including phenoxy) is 1. The van der Waals surface area contributed by atoms with Crippen molar-refractivity contribution in [2.24, 2.45) is 11.3 Å². The van der Waals surface area contributed by atoms with Crippen LogP contribution in [0.4, 0.5) is 4.79 Å². The largest absolute Gasteiger partial charge is 0.480 e. The lowest BCUT2D eigenvalue weighted by atomic mass is 9.68. The Balaban J connectivity index is 1.48. The van der Waals surface area contributed by atoms with Gasteiger partial charge < -0.3 is 15.2 Å². The van der Waals surface area contributed by atoms with Crippen molar-refractivity contribution in [2.45, 2.75) is 38.3 Å². The third kappa shape index (κ3) is 3.17. The zero-order valence-electron chi connectivity index (χ0n) is 11.7. The van der Waals surface area contributed by atoms with Gasteiger partial charge in [0.05, 0.1) is 0 Å². The van der Waals surface area contributed by atoms with Gasteiger partial charge in [0.15, 0.2) is 0 Å². The van der Waals surface area contributed by atoms with E-state index >= 15 is 0 Å². The first-order chi connectivity index (χ1) is 10.1. The van der Waals surface area contributed by atoms with Gasteiger partial charge in [-0.25, -0.2) is 9.59 Å². The Hall–Kier alpha value is -2.04. The van der Waals surface area contributed by atoms with E-state index in [1.165, 1.54) is 12.8 Å². The maximum Gasteiger partial charge on any atom is 0.408 e. The molecule has 0 aromatic heterocycles. The van der Waals surface area contributed by atoms with Crippen molar-refractivity contribution in [1.29, 1.82) is 0 Å². The smallest absolute Gasteiger partial charge is 0.408 e. The molecular weight excluding hydrogens is 270 g/mol. The van der Waals surface area contributed by atoms with Gasteiger partial charge in [0.2, 0.25) is 0 Å². The molecule has 2 fully saturated rings. The Kier molecular flexibility index (Phi) is 3.57. The van der Waals surface area contributed by atoms with Crippen molar-refractivity contribution in [2.75, 3.05) is 0 Å². The van der Waals surface area contributed by atoms with Crippen molar-refractivity contribution >= 4 is 12.1 Å². The molecule has 0 saturated heterocycles. The summed E-state index contributed by atoms with van der Waals surface area (Å²) < 4.78 is 5.08. The topological polar surface area (TPSA) is 75.6 Å². The number of alkyl carbamates (subject to hydrolysis) is 1. The van der Waals surface area contributed by atoms with E-state index < -0.39 is 18.1 Å². The quantitative estimate of drug-likeness (QED) is 0.873. The second-order valence-electron chi connectivity index (χ2n) is 6.19. The Morgan fingerprint density at radius 2 is 1.95 bits per heavy atom. The van der Waals surface area contributed by atoms with E-state index in [4.69, 9.17) is 4.74 Å². The second-order valence-corrected chi connectivity index (χ2v) is 6.19. The minimum Gasteiger partial charge on any atom is -0.480 e. The van der Waals surface area contributed by atoms with Gasteiger partial charge >= 0.3 is 12.1 Å². The SMILES string of the molecule is O=C(N[C@H](C(=O)O)C1CC2(CC2)C1)OCc1ccccc1. The molecule has 5 nitrogen and oxygen atoms in total. The number of amides is 1. The number of nitrogens with one attached hydrogen (secondary N) is 1. The summed E-state index contributed by atoms with van der Waals surface area (Å²) in [6, 6.07) is 8.48. The van der Waals surface area contributed by atoms with Crippen LogP contribution in [0.15, 0.2) is 30.3 Å². The van der Waals surface area contributed by atoms with E-state index in [1.54, 1.807) is 0 Å². The van der Waals surface area contributed by atoms with Crippen LogP contribution in [0.3, 0.4) is 0 Å². The highest BCUT2D eigenvalue weighted by molar-refractivity contribution is 5.80. The van der Waals surface area contributed by atoms with E-state index in [-0.39, 0.29) is 12.5 Å². The van der Waals surface area contributed by atoms with Gasteiger partial charge in [-0.15, -0.1) is 0 Å². The molecule has 1 aromatic carbocycles. The minimum atomic E-state index is -0.979. The number of hydrogen-bond donors (Lipinski definition) is 2. The predicted molar refractivity (Wildman–Crippen MR) is 75.6 cm³/mol. The summed E-state index contributed by atoms with van der Waals surface area (Å²) in [4.78, 5) is 23.1. The first-order valence-corrected chi connectivity index (χ1v) is 7.28. The summed E-state index contributed by atoms with van der Waals surface area (Å²) in [5.74, 6) is -0.943. The molecular formula is C16H19NO4. The lowest BCUT2D eigenvalue weighted by Crippen LogP contribution is -2.50. The molecule has 0 heterocycles. The number of carbonyl (C=O) groups excluding carboxylic acids is 1. The Bertz CT molecular complexity index is 530. The van der Waals surface area contributed by atoms with Crippen molar-refractivity contribution in [3.63, 3.8) is 0 Å². The predicted octanol–water partition coefficient (Wildman–Crippen LogP) is 2.56. The standard InChI is InChI=1S/C16H19NO4/c18-14(19)13(12-8-16(9-12)6-7-16)17-15(20)21-10-11-4-2-1-3-5-11/h1-5,12-13H,6-10H2,(H,17,20)(H,18,19)/t13-/m0/s1. The van der Waals surface area contributed by atoms with Crippen LogP contribution in [0.25, 0.3) is 0 Å². The highest BCUT2D eigenvalue weighted by atomic mass is 16.5. The third-order valence-electron chi connectivity index (χ3n) is 4.57. The summed E-state index contributed by atoms with van der Waals surface area (Å²) >= 11 is 0. The average Bonchev–Trinajstić information content (AvgIpc) is 3.23. The second kappa shape index (κ2) is 5.39. The van der Waals surface area contributed by atoms with Gasteiger partial charge in [-0.2, -0.15) is 0 Å². The number of benzene rings is 1. The van der Waals surface area contributed by atoms with Crippen LogP contribution in [-0.2, 0) is 16.1 Å². The average molecular weight is 289 g/mol. The van der Waals surface area contributed by atoms with Gasteiger partial charge in [-0.3, -0.25) is 0 Å². The van der Waals surface area contributed by atoms with Crippen LogP contribution >= 0.6 is 0 Å². The first kappa shape index (κ1) is 13.9. The number of aliphatic carboxylic acids is 1. The van der Waals surface area contributed by atoms with Crippen LogP contribution in [0.1, 0.15) is 31.2 Å². The monoisotopic (exact) mass is 289 g/mol. The van der Waals surface area contributed by atoms with Crippen LogP contribution < -0.4 is 5.32 Å².